The highest BCUT2D eigenvalue weighted by molar-refractivity contribution is 5.95. The van der Waals surface area contributed by atoms with Gasteiger partial charge in [0.05, 0.1) is 0 Å². The topological polar surface area (TPSA) is 20.3 Å². The minimum absolute atomic E-state index is 0.0903. The van der Waals surface area contributed by atoms with Gasteiger partial charge >= 0.3 is 0 Å². The Labute approximate surface area is 125 Å². The van der Waals surface area contributed by atoms with Crippen LogP contribution in [0.4, 0.5) is 4.39 Å². The predicted octanol–water partition coefficient (Wildman–Crippen LogP) is 4.02. The third-order valence-corrected chi connectivity index (χ3v) is 3.67. The van der Waals surface area contributed by atoms with Gasteiger partial charge in [0.25, 0.3) is 5.91 Å². The fourth-order valence-electron chi connectivity index (χ4n) is 2.42. The van der Waals surface area contributed by atoms with E-state index in [9.17, 15) is 9.18 Å². The summed E-state index contributed by atoms with van der Waals surface area (Å²) in [6.07, 6.45) is 0. The van der Waals surface area contributed by atoms with E-state index in [4.69, 9.17) is 0 Å². The zero-order chi connectivity index (χ0) is 15.6. The monoisotopic (exact) mass is 285 g/mol. The van der Waals surface area contributed by atoms with Gasteiger partial charge in [-0.1, -0.05) is 23.8 Å². The Morgan fingerprint density at radius 2 is 1.76 bits per heavy atom. The lowest BCUT2D eigenvalue weighted by atomic mass is 10.0. The molecule has 0 saturated heterocycles. The van der Waals surface area contributed by atoms with Gasteiger partial charge < -0.3 is 4.90 Å². The van der Waals surface area contributed by atoms with Gasteiger partial charge in [0, 0.05) is 19.2 Å². The van der Waals surface area contributed by atoms with Gasteiger partial charge in [-0.25, -0.2) is 4.39 Å². The van der Waals surface area contributed by atoms with Crippen LogP contribution in [0.2, 0.25) is 0 Å². The summed E-state index contributed by atoms with van der Waals surface area (Å²) in [7, 11) is 1.77. The Kier molecular flexibility index (Phi) is 4.41. The first-order valence-corrected chi connectivity index (χ1v) is 6.96. The highest BCUT2D eigenvalue weighted by Gasteiger charge is 2.15. The number of hydrogen-bond acceptors (Lipinski definition) is 1. The minimum atomic E-state index is -0.318. The third-order valence-electron chi connectivity index (χ3n) is 3.67. The molecule has 0 fully saturated rings. The first-order valence-electron chi connectivity index (χ1n) is 6.96. The molecule has 0 radical (unpaired) electrons. The second-order valence-corrected chi connectivity index (χ2v) is 5.55. The maximum Gasteiger partial charge on any atom is 0.254 e. The van der Waals surface area contributed by atoms with Crippen LogP contribution < -0.4 is 0 Å². The number of halogens is 1. The summed E-state index contributed by atoms with van der Waals surface area (Å²) in [5, 5.41) is 0. The summed E-state index contributed by atoms with van der Waals surface area (Å²) in [5.74, 6) is -0.409. The second-order valence-electron chi connectivity index (χ2n) is 5.55. The SMILES string of the molecule is Cc1ccc(CN(C)C(=O)c2ccc(F)cc2C)c(C)c1. The number of amides is 1. The zero-order valence-electron chi connectivity index (χ0n) is 12.9. The van der Waals surface area contributed by atoms with E-state index in [0.717, 1.165) is 5.56 Å². The Morgan fingerprint density at radius 1 is 1.05 bits per heavy atom. The van der Waals surface area contributed by atoms with E-state index < -0.39 is 0 Å². The first-order chi connectivity index (χ1) is 9.88. The standard InChI is InChI=1S/C18H20FNO/c1-12-5-6-15(13(2)9-12)11-20(4)18(21)17-8-7-16(19)10-14(17)3/h5-10H,11H2,1-4H3. The summed E-state index contributed by atoms with van der Waals surface area (Å²) >= 11 is 0. The van der Waals surface area contributed by atoms with E-state index in [1.54, 1.807) is 24.9 Å². The second kappa shape index (κ2) is 6.08. The van der Waals surface area contributed by atoms with Crippen molar-refractivity contribution in [3.05, 3.63) is 70.0 Å². The molecule has 0 aromatic heterocycles. The van der Waals surface area contributed by atoms with E-state index >= 15 is 0 Å². The van der Waals surface area contributed by atoms with Crippen molar-refractivity contribution in [3.8, 4) is 0 Å². The van der Waals surface area contributed by atoms with Crippen LogP contribution in [0.15, 0.2) is 36.4 Å². The Hall–Kier alpha value is -2.16. The molecular weight excluding hydrogens is 265 g/mol. The number of hydrogen-bond donors (Lipinski definition) is 0. The van der Waals surface area contributed by atoms with Crippen molar-refractivity contribution in [2.45, 2.75) is 27.3 Å². The molecule has 110 valence electrons. The molecule has 2 aromatic carbocycles. The lowest BCUT2D eigenvalue weighted by Crippen LogP contribution is -2.27. The summed E-state index contributed by atoms with van der Waals surface area (Å²) in [6.45, 7) is 6.39. The maximum atomic E-state index is 13.1. The van der Waals surface area contributed by atoms with Crippen molar-refractivity contribution >= 4 is 5.91 Å². The molecule has 0 heterocycles. The molecule has 0 aliphatic heterocycles. The largest absolute Gasteiger partial charge is 0.337 e. The van der Waals surface area contributed by atoms with Gasteiger partial charge in [0.1, 0.15) is 5.82 Å². The molecule has 3 heteroatoms. The third kappa shape index (κ3) is 3.48. The molecule has 21 heavy (non-hydrogen) atoms. The quantitative estimate of drug-likeness (QED) is 0.834. The Morgan fingerprint density at radius 3 is 2.38 bits per heavy atom. The number of carbonyl (C=O) groups is 1. The maximum absolute atomic E-state index is 13.1. The molecule has 0 atom stereocenters. The summed E-state index contributed by atoms with van der Waals surface area (Å²) in [5.41, 5.74) is 4.71. The molecule has 0 aliphatic carbocycles. The fraction of sp³-hybridized carbons (Fsp3) is 0.278. The van der Waals surface area contributed by atoms with Gasteiger partial charge in [-0.05, 0) is 55.7 Å². The first kappa shape index (κ1) is 15.2. The molecule has 0 spiro atoms. The van der Waals surface area contributed by atoms with Crippen LogP contribution in [0.3, 0.4) is 0 Å². The van der Waals surface area contributed by atoms with Gasteiger partial charge in [-0.2, -0.15) is 0 Å². The Bertz CT molecular complexity index is 679. The number of benzene rings is 2. The van der Waals surface area contributed by atoms with E-state index in [0.29, 0.717) is 17.7 Å². The normalized spacial score (nSPS) is 10.5. The summed E-state index contributed by atoms with van der Waals surface area (Å²) in [4.78, 5) is 14.1. The van der Waals surface area contributed by atoms with Crippen LogP contribution in [0.5, 0.6) is 0 Å². The Balaban J connectivity index is 2.19. The molecule has 1 amide bonds. The molecule has 0 bridgehead atoms. The van der Waals surface area contributed by atoms with Crippen LogP contribution >= 0.6 is 0 Å². The number of carbonyl (C=O) groups excluding carboxylic acids is 1. The highest BCUT2D eigenvalue weighted by Crippen LogP contribution is 2.16. The average molecular weight is 285 g/mol. The lowest BCUT2D eigenvalue weighted by Gasteiger charge is -2.20. The molecule has 0 unspecified atom stereocenters. The zero-order valence-corrected chi connectivity index (χ0v) is 12.9. The van der Waals surface area contributed by atoms with Crippen molar-refractivity contribution in [2.24, 2.45) is 0 Å². The number of rotatable bonds is 3. The van der Waals surface area contributed by atoms with E-state index in [1.165, 1.54) is 23.3 Å². The van der Waals surface area contributed by atoms with E-state index in [1.807, 2.05) is 26.0 Å². The predicted molar refractivity (Wildman–Crippen MR) is 82.9 cm³/mol. The van der Waals surface area contributed by atoms with Crippen molar-refractivity contribution in [1.82, 2.24) is 4.90 Å². The van der Waals surface area contributed by atoms with Crippen LogP contribution in [0.1, 0.15) is 32.6 Å². The smallest absolute Gasteiger partial charge is 0.254 e. The minimum Gasteiger partial charge on any atom is -0.337 e. The van der Waals surface area contributed by atoms with Crippen molar-refractivity contribution in [1.29, 1.82) is 0 Å². The summed E-state index contributed by atoms with van der Waals surface area (Å²) < 4.78 is 13.1. The van der Waals surface area contributed by atoms with E-state index in [-0.39, 0.29) is 11.7 Å². The van der Waals surface area contributed by atoms with Gasteiger partial charge in [-0.15, -0.1) is 0 Å². The van der Waals surface area contributed by atoms with E-state index in [2.05, 4.69) is 6.07 Å². The molecular formula is C18H20FNO. The van der Waals surface area contributed by atoms with Crippen molar-refractivity contribution < 1.29 is 9.18 Å². The van der Waals surface area contributed by atoms with Gasteiger partial charge in [0.2, 0.25) is 0 Å². The van der Waals surface area contributed by atoms with Crippen LogP contribution in [0, 0.1) is 26.6 Å². The molecule has 2 rings (SSSR count). The van der Waals surface area contributed by atoms with Gasteiger partial charge in [0.15, 0.2) is 0 Å². The van der Waals surface area contributed by atoms with Gasteiger partial charge in [-0.3, -0.25) is 4.79 Å². The van der Waals surface area contributed by atoms with Crippen LogP contribution in [-0.4, -0.2) is 17.9 Å². The number of aryl methyl sites for hydroxylation is 3. The average Bonchev–Trinajstić information content (AvgIpc) is 2.41. The number of nitrogens with zero attached hydrogens (tertiary/aromatic N) is 1. The fourth-order valence-corrected chi connectivity index (χ4v) is 2.42. The highest BCUT2D eigenvalue weighted by atomic mass is 19.1. The van der Waals surface area contributed by atoms with Crippen LogP contribution in [0.25, 0.3) is 0 Å². The molecule has 0 saturated carbocycles. The van der Waals surface area contributed by atoms with Crippen molar-refractivity contribution in [3.63, 3.8) is 0 Å². The van der Waals surface area contributed by atoms with Crippen LogP contribution in [-0.2, 0) is 6.54 Å². The molecule has 2 aromatic rings. The van der Waals surface area contributed by atoms with Crippen molar-refractivity contribution in [2.75, 3.05) is 7.05 Å². The summed E-state index contributed by atoms with van der Waals surface area (Å²) in [6, 6.07) is 10.5. The lowest BCUT2D eigenvalue weighted by molar-refractivity contribution is 0.0784. The molecule has 0 aliphatic rings. The molecule has 2 nitrogen and oxygen atoms in total. The molecule has 0 N–H and O–H groups in total.